The minimum atomic E-state index is -0.514. The van der Waals surface area contributed by atoms with Crippen molar-refractivity contribution in [2.45, 2.75) is 55.4 Å². The van der Waals surface area contributed by atoms with Crippen LogP contribution in [0.5, 0.6) is 5.75 Å². The molecule has 2 N–H and O–H groups in total. The molecule has 1 fully saturated rings. The molecule has 0 amide bonds. The molecule has 0 aliphatic carbocycles. The molecule has 2 atom stereocenters. The maximum absolute atomic E-state index is 11.2. The third-order valence-electron chi connectivity index (χ3n) is 5.37. The Bertz CT molecular complexity index is 608. The first-order chi connectivity index (χ1) is 12.2. The van der Waals surface area contributed by atoms with Crippen molar-refractivity contribution in [3.63, 3.8) is 0 Å². The zero-order valence-corrected chi connectivity index (χ0v) is 15.9. The van der Waals surface area contributed by atoms with Gasteiger partial charge in [-0.25, -0.2) is 0 Å². The first kappa shape index (κ1) is 17.9. The number of hydroxylamine groups is 2. The van der Waals surface area contributed by atoms with E-state index in [2.05, 4.69) is 17.4 Å². The number of aryl methyl sites for hydroxylation is 1. The minimum absolute atomic E-state index is 0.150. The van der Waals surface area contributed by atoms with E-state index in [4.69, 9.17) is 4.74 Å². The van der Waals surface area contributed by atoms with Crippen LogP contribution >= 0.6 is 21.6 Å². The molecule has 3 aliphatic rings. The van der Waals surface area contributed by atoms with E-state index in [1.54, 1.807) is 0 Å². The summed E-state index contributed by atoms with van der Waals surface area (Å²) in [6, 6.07) is 4.82. The van der Waals surface area contributed by atoms with Crippen LogP contribution in [0.2, 0.25) is 0 Å². The van der Waals surface area contributed by atoms with Crippen molar-refractivity contribution >= 4 is 21.6 Å². The van der Waals surface area contributed by atoms with E-state index in [1.807, 2.05) is 21.6 Å². The molecule has 3 heterocycles. The van der Waals surface area contributed by atoms with Gasteiger partial charge in [0.2, 0.25) is 0 Å². The molecular formula is C18H25N2O3S2. The van der Waals surface area contributed by atoms with Gasteiger partial charge in [-0.05, 0) is 48.4 Å². The zero-order valence-electron chi connectivity index (χ0n) is 14.3. The highest BCUT2D eigenvalue weighted by Crippen LogP contribution is 2.41. The first-order valence-electron chi connectivity index (χ1n) is 9.08. The predicted octanol–water partition coefficient (Wildman–Crippen LogP) is 2.54. The van der Waals surface area contributed by atoms with Crippen molar-refractivity contribution in [3.05, 3.63) is 28.8 Å². The van der Waals surface area contributed by atoms with E-state index >= 15 is 0 Å². The van der Waals surface area contributed by atoms with Crippen LogP contribution in [0.15, 0.2) is 12.1 Å². The van der Waals surface area contributed by atoms with Crippen molar-refractivity contribution in [2.75, 3.05) is 19.6 Å². The number of rotatable bonds is 4. The van der Waals surface area contributed by atoms with Crippen LogP contribution in [0.1, 0.15) is 36.0 Å². The maximum atomic E-state index is 11.2. The molecule has 7 heteroatoms. The number of ether oxygens (including phenoxy) is 1. The van der Waals surface area contributed by atoms with Crippen LogP contribution in [-0.2, 0) is 23.1 Å². The fourth-order valence-corrected chi connectivity index (χ4v) is 5.99. The van der Waals surface area contributed by atoms with E-state index in [0.717, 1.165) is 48.0 Å². The molecule has 1 aromatic rings. The van der Waals surface area contributed by atoms with Crippen molar-refractivity contribution in [3.8, 4) is 5.75 Å². The Balaban J connectivity index is 1.33. The topological polar surface area (TPSA) is 64.6 Å². The highest BCUT2D eigenvalue weighted by molar-refractivity contribution is 8.76. The number of aliphatic hydroxyl groups excluding tert-OH is 1. The molecular weight excluding hydrogens is 356 g/mol. The smallest absolute Gasteiger partial charge is 0.126 e. The van der Waals surface area contributed by atoms with Gasteiger partial charge in [-0.1, -0.05) is 27.7 Å². The Morgan fingerprint density at radius 3 is 2.64 bits per heavy atom. The zero-order chi connectivity index (χ0) is 17.2. The summed E-state index contributed by atoms with van der Waals surface area (Å²) in [5.41, 5.74) is 4.10. The van der Waals surface area contributed by atoms with E-state index in [0.29, 0.717) is 25.7 Å². The predicted molar refractivity (Wildman–Crippen MR) is 101 cm³/mol. The molecule has 0 saturated carbocycles. The van der Waals surface area contributed by atoms with Gasteiger partial charge in [0.05, 0.1) is 0 Å². The number of hydrogen-bond donors (Lipinski definition) is 2. The Morgan fingerprint density at radius 1 is 1.16 bits per heavy atom. The summed E-state index contributed by atoms with van der Waals surface area (Å²) in [4.78, 5) is 0. The maximum Gasteiger partial charge on any atom is 0.126 e. The Hall–Kier alpha value is -0.440. The monoisotopic (exact) mass is 381 g/mol. The average Bonchev–Trinajstić information content (AvgIpc) is 2.65. The number of hydrogen-bond acceptors (Lipinski definition) is 6. The lowest BCUT2D eigenvalue weighted by Gasteiger charge is -2.33. The summed E-state index contributed by atoms with van der Waals surface area (Å²) in [5.74, 6) is 3.07. The standard InChI is InChI=1S/C18H25N2O3S2/c21-16(9-19-15-3-5-20(22)6-4-15)17-2-1-12-7-13-10-24-25-11-14(13)8-18(12)23-17/h7-8,15-17,19,21H,1-6,9-11H2. The lowest BCUT2D eigenvalue weighted by atomic mass is 9.95. The lowest BCUT2D eigenvalue weighted by Crippen LogP contribution is -2.47. The van der Waals surface area contributed by atoms with Crippen LogP contribution in [0.3, 0.4) is 0 Å². The van der Waals surface area contributed by atoms with Crippen LogP contribution in [0.4, 0.5) is 0 Å². The van der Waals surface area contributed by atoms with Crippen molar-refractivity contribution in [1.82, 2.24) is 10.4 Å². The quantitative estimate of drug-likeness (QED) is 0.782. The van der Waals surface area contributed by atoms with Crippen LogP contribution < -0.4 is 10.1 Å². The normalized spacial score (nSPS) is 25.8. The second-order valence-corrected chi connectivity index (χ2v) is 9.59. The van der Waals surface area contributed by atoms with Gasteiger partial charge in [0.15, 0.2) is 0 Å². The van der Waals surface area contributed by atoms with Gasteiger partial charge in [0.1, 0.15) is 18.0 Å². The summed E-state index contributed by atoms with van der Waals surface area (Å²) >= 11 is 0. The number of benzene rings is 1. The average molecular weight is 382 g/mol. The summed E-state index contributed by atoms with van der Waals surface area (Å²) in [7, 11) is 3.81. The number of fused-ring (bicyclic) bond motifs is 2. The molecule has 0 spiro atoms. The number of nitrogens with one attached hydrogen (secondary N) is 1. The number of nitrogens with zero attached hydrogens (tertiary/aromatic N) is 1. The van der Waals surface area contributed by atoms with E-state index in [-0.39, 0.29) is 6.10 Å². The van der Waals surface area contributed by atoms with E-state index < -0.39 is 6.10 Å². The summed E-state index contributed by atoms with van der Waals surface area (Å²) < 4.78 is 6.15. The minimum Gasteiger partial charge on any atom is -0.487 e. The van der Waals surface area contributed by atoms with Crippen molar-refractivity contribution in [2.24, 2.45) is 0 Å². The fraction of sp³-hybridized carbons (Fsp3) is 0.667. The number of piperidine rings is 1. The summed E-state index contributed by atoms with van der Waals surface area (Å²) in [6.07, 6.45) is 2.87. The van der Waals surface area contributed by atoms with Gasteiger partial charge in [0.25, 0.3) is 0 Å². The van der Waals surface area contributed by atoms with Gasteiger partial charge < -0.3 is 15.2 Å². The Kier molecular flexibility index (Phi) is 5.79. The summed E-state index contributed by atoms with van der Waals surface area (Å²) in [5, 5.41) is 26.3. The molecule has 1 aromatic carbocycles. The number of aliphatic hydroxyl groups is 1. The molecule has 3 aliphatic heterocycles. The molecule has 4 rings (SSSR count). The van der Waals surface area contributed by atoms with Gasteiger partial charge in [0, 0.05) is 37.2 Å². The fourth-order valence-electron chi connectivity index (χ4n) is 3.77. The molecule has 0 aromatic heterocycles. The highest BCUT2D eigenvalue weighted by Gasteiger charge is 2.28. The first-order valence-corrected chi connectivity index (χ1v) is 11.6. The Morgan fingerprint density at radius 2 is 1.88 bits per heavy atom. The van der Waals surface area contributed by atoms with Crippen molar-refractivity contribution in [1.29, 1.82) is 0 Å². The second-order valence-electron chi connectivity index (χ2n) is 7.13. The lowest BCUT2D eigenvalue weighted by molar-refractivity contribution is -0.169. The largest absolute Gasteiger partial charge is 0.487 e. The molecule has 137 valence electrons. The molecule has 0 bridgehead atoms. The SMILES string of the molecule is [O]N1CCC(NCC(O)C2CCc3cc4c(cc3O2)CSSC4)CC1. The second kappa shape index (κ2) is 8.06. The van der Waals surface area contributed by atoms with E-state index in [1.165, 1.54) is 16.7 Å². The highest BCUT2D eigenvalue weighted by atomic mass is 33.1. The van der Waals surface area contributed by atoms with Crippen LogP contribution in [0, 0.1) is 0 Å². The molecule has 25 heavy (non-hydrogen) atoms. The Labute approximate surface area is 156 Å². The molecule has 2 unspecified atom stereocenters. The van der Waals surface area contributed by atoms with E-state index in [9.17, 15) is 10.3 Å². The van der Waals surface area contributed by atoms with Gasteiger partial charge >= 0.3 is 0 Å². The van der Waals surface area contributed by atoms with Gasteiger partial charge in [-0.3, -0.25) is 0 Å². The van der Waals surface area contributed by atoms with Crippen LogP contribution in [-0.4, -0.2) is 48.1 Å². The third-order valence-corrected chi connectivity index (χ3v) is 7.60. The summed E-state index contributed by atoms with van der Waals surface area (Å²) in [6.45, 7) is 1.70. The third kappa shape index (κ3) is 4.28. The molecule has 5 nitrogen and oxygen atoms in total. The van der Waals surface area contributed by atoms with Gasteiger partial charge in [-0.15, -0.1) is 5.21 Å². The van der Waals surface area contributed by atoms with Crippen molar-refractivity contribution < 1.29 is 15.1 Å². The molecule has 1 radical (unpaired) electrons. The van der Waals surface area contributed by atoms with Crippen LogP contribution in [0.25, 0.3) is 0 Å². The molecule has 1 saturated heterocycles. The van der Waals surface area contributed by atoms with Gasteiger partial charge in [-0.2, -0.15) is 5.06 Å².